The van der Waals surface area contributed by atoms with Gasteiger partial charge in [-0.2, -0.15) is 0 Å². The minimum atomic E-state index is -0.915. The first kappa shape index (κ1) is 14.8. The lowest BCUT2D eigenvalue weighted by Gasteiger charge is -2.62. The Kier molecular flexibility index (Phi) is 3.12. The summed E-state index contributed by atoms with van der Waals surface area (Å²) in [5.74, 6) is -0.172. The molecule has 4 nitrogen and oxygen atoms in total. The summed E-state index contributed by atoms with van der Waals surface area (Å²) in [5.41, 5.74) is 0.228. The number of piperidine rings is 1. The van der Waals surface area contributed by atoms with Crippen molar-refractivity contribution in [2.24, 2.45) is 0 Å². The Balaban J connectivity index is 1.97. The van der Waals surface area contributed by atoms with Gasteiger partial charge in [-0.25, -0.2) is 0 Å². The Bertz CT molecular complexity index is 698. The highest BCUT2D eigenvalue weighted by Gasteiger charge is 2.62. The number of allylic oxidation sites excluding steroid dienone is 1. The van der Waals surface area contributed by atoms with Crippen LogP contribution in [0.5, 0.6) is 11.5 Å². The van der Waals surface area contributed by atoms with E-state index < -0.39 is 11.0 Å². The summed E-state index contributed by atoms with van der Waals surface area (Å²) < 4.78 is 0. The van der Waals surface area contributed by atoms with Crippen molar-refractivity contribution in [1.82, 2.24) is 4.90 Å². The summed E-state index contributed by atoms with van der Waals surface area (Å²) in [5, 5.41) is 32.2. The van der Waals surface area contributed by atoms with Crippen molar-refractivity contribution in [2.45, 2.75) is 42.7 Å². The number of rotatable bonds is 2. The Labute approximate surface area is 136 Å². The molecule has 1 aliphatic heterocycles. The molecule has 3 atom stereocenters. The maximum Gasteiger partial charge on any atom is 0.161 e. The standard InChI is InChI=1S/C19H23NO3/c1-2-10-20-11-9-18-7-3-4-8-19(18,23)15(20)12-13-5-6-14(21)17(22)16(13)18/h2-3,5-7,15,21-23H,1,4,8-12H2/t15-,18+,19-/m1/s1. The van der Waals surface area contributed by atoms with E-state index in [0.29, 0.717) is 12.8 Å². The predicted molar refractivity (Wildman–Crippen MR) is 88.7 cm³/mol. The zero-order chi connectivity index (χ0) is 16.2. The van der Waals surface area contributed by atoms with E-state index >= 15 is 0 Å². The molecule has 0 spiro atoms. The number of hydrogen-bond donors (Lipinski definition) is 3. The fourth-order valence-electron chi connectivity index (χ4n) is 5.10. The van der Waals surface area contributed by atoms with Crippen LogP contribution >= 0.6 is 0 Å². The molecule has 122 valence electrons. The van der Waals surface area contributed by atoms with Gasteiger partial charge in [0.2, 0.25) is 0 Å². The number of phenolic OH excluding ortho intramolecular Hbond substituents is 2. The van der Waals surface area contributed by atoms with E-state index in [1.54, 1.807) is 6.07 Å². The Morgan fingerprint density at radius 2 is 2.13 bits per heavy atom. The molecule has 2 bridgehead atoms. The topological polar surface area (TPSA) is 63.9 Å². The van der Waals surface area contributed by atoms with Crippen molar-refractivity contribution in [3.05, 3.63) is 48.1 Å². The van der Waals surface area contributed by atoms with Gasteiger partial charge in [0.25, 0.3) is 0 Å². The zero-order valence-electron chi connectivity index (χ0n) is 13.2. The SMILES string of the molecule is C=CCN1CC[C@]23C=CCC[C@@]2(O)[C@H]1Cc1ccc(O)c(O)c13. The van der Waals surface area contributed by atoms with Gasteiger partial charge in [0.05, 0.1) is 5.60 Å². The lowest BCUT2D eigenvalue weighted by molar-refractivity contribution is -0.136. The van der Waals surface area contributed by atoms with Crippen LogP contribution in [0.2, 0.25) is 0 Å². The summed E-state index contributed by atoms with van der Waals surface area (Å²) in [6.45, 7) is 5.45. The second-order valence-electron chi connectivity index (χ2n) is 7.06. The molecule has 1 aromatic rings. The molecule has 0 unspecified atom stereocenters. The number of benzene rings is 1. The first-order valence-electron chi connectivity index (χ1n) is 8.33. The molecule has 23 heavy (non-hydrogen) atoms. The van der Waals surface area contributed by atoms with Crippen molar-refractivity contribution >= 4 is 0 Å². The van der Waals surface area contributed by atoms with Gasteiger partial charge in [0.1, 0.15) is 0 Å². The Morgan fingerprint density at radius 1 is 1.30 bits per heavy atom. The molecule has 0 saturated carbocycles. The molecule has 1 saturated heterocycles. The molecule has 1 heterocycles. The highest BCUT2D eigenvalue weighted by molar-refractivity contribution is 5.59. The summed E-state index contributed by atoms with van der Waals surface area (Å²) in [6, 6.07) is 3.45. The zero-order valence-corrected chi connectivity index (χ0v) is 13.2. The third kappa shape index (κ3) is 1.73. The number of likely N-dealkylation sites (tertiary alicyclic amines) is 1. The van der Waals surface area contributed by atoms with Gasteiger partial charge in [0.15, 0.2) is 11.5 Å². The predicted octanol–water partition coefficient (Wildman–Crippen LogP) is 2.23. The maximum atomic E-state index is 11.7. The van der Waals surface area contributed by atoms with E-state index in [1.807, 2.05) is 12.1 Å². The molecule has 0 radical (unpaired) electrons. The van der Waals surface area contributed by atoms with E-state index in [4.69, 9.17) is 0 Å². The number of nitrogens with zero attached hydrogens (tertiary/aromatic N) is 1. The van der Waals surface area contributed by atoms with Crippen LogP contribution in [0.4, 0.5) is 0 Å². The van der Waals surface area contributed by atoms with Crippen LogP contribution in [0, 0.1) is 0 Å². The molecule has 0 aromatic heterocycles. The van der Waals surface area contributed by atoms with E-state index in [-0.39, 0.29) is 17.5 Å². The minimum Gasteiger partial charge on any atom is -0.504 e. The highest BCUT2D eigenvalue weighted by Crippen LogP contribution is 2.58. The molecule has 2 aliphatic carbocycles. The smallest absolute Gasteiger partial charge is 0.161 e. The van der Waals surface area contributed by atoms with Gasteiger partial charge in [0, 0.05) is 30.1 Å². The second kappa shape index (κ2) is 4.86. The van der Waals surface area contributed by atoms with E-state index in [2.05, 4.69) is 23.6 Å². The number of aromatic hydroxyl groups is 2. The summed E-state index contributed by atoms with van der Waals surface area (Å²) in [7, 11) is 0. The fourth-order valence-corrected chi connectivity index (χ4v) is 5.10. The minimum absolute atomic E-state index is 0.00985. The largest absolute Gasteiger partial charge is 0.504 e. The molecule has 3 aliphatic rings. The molecular formula is C19H23NO3. The molecule has 4 rings (SSSR count). The Morgan fingerprint density at radius 3 is 2.91 bits per heavy atom. The maximum absolute atomic E-state index is 11.7. The average molecular weight is 313 g/mol. The van der Waals surface area contributed by atoms with Gasteiger partial charge in [-0.05, 0) is 37.3 Å². The second-order valence-corrected chi connectivity index (χ2v) is 7.06. The van der Waals surface area contributed by atoms with Gasteiger partial charge >= 0.3 is 0 Å². The summed E-state index contributed by atoms with van der Waals surface area (Å²) in [4.78, 5) is 2.30. The normalized spacial score (nSPS) is 35.4. The number of fused-ring (bicyclic) bond motifs is 1. The van der Waals surface area contributed by atoms with Crippen LogP contribution in [0.15, 0.2) is 36.9 Å². The van der Waals surface area contributed by atoms with Crippen molar-refractivity contribution < 1.29 is 15.3 Å². The third-order valence-corrected chi connectivity index (χ3v) is 6.12. The molecule has 1 aromatic carbocycles. The summed E-state index contributed by atoms with van der Waals surface area (Å²) >= 11 is 0. The van der Waals surface area contributed by atoms with Crippen molar-refractivity contribution in [1.29, 1.82) is 0 Å². The molecule has 1 fully saturated rings. The van der Waals surface area contributed by atoms with Crippen molar-refractivity contribution in [3.8, 4) is 11.5 Å². The van der Waals surface area contributed by atoms with E-state index in [0.717, 1.165) is 37.1 Å². The van der Waals surface area contributed by atoms with Gasteiger partial charge in [-0.1, -0.05) is 24.3 Å². The van der Waals surface area contributed by atoms with Crippen LogP contribution in [0.1, 0.15) is 30.4 Å². The van der Waals surface area contributed by atoms with Gasteiger partial charge in [-0.15, -0.1) is 6.58 Å². The van der Waals surface area contributed by atoms with Crippen LogP contribution in [0.25, 0.3) is 0 Å². The van der Waals surface area contributed by atoms with E-state index in [9.17, 15) is 15.3 Å². The van der Waals surface area contributed by atoms with Gasteiger partial charge in [-0.3, -0.25) is 4.90 Å². The molecule has 4 heteroatoms. The quantitative estimate of drug-likeness (QED) is 0.579. The Hall–Kier alpha value is -1.78. The van der Waals surface area contributed by atoms with Crippen LogP contribution in [-0.2, 0) is 11.8 Å². The number of aliphatic hydroxyl groups is 1. The van der Waals surface area contributed by atoms with Crippen LogP contribution in [-0.4, -0.2) is 45.0 Å². The number of phenols is 2. The third-order valence-electron chi connectivity index (χ3n) is 6.12. The first-order chi connectivity index (χ1) is 11.0. The van der Waals surface area contributed by atoms with Crippen molar-refractivity contribution in [3.63, 3.8) is 0 Å². The fraction of sp³-hybridized carbons (Fsp3) is 0.474. The van der Waals surface area contributed by atoms with Gasteiger partial charge < -0.3 is 15.3 Å². The molecular weight excluding hydrogens is 290 g/mol. The molecule has 3 N–H and O–H groups in total. The van der Waals surface area contributed by atoms with Crippen molar-refractivity contribution in [2.75, 3.05) is 13.1 Å². The molecule has 0 amide bonds. The average Bonchev–Trinajstić information content (AvgIpc) is 2.53. The lowest BCUT2D eigenvalue weighted by Crippen LogP contribution is -2.71. The number of hydrogen-bond acceptors (Lipinski definition) is 4. The van der Waals surface area contributed by atoms with Crippen LogP contribution in [0.3, 0.4) is 0 Å². The van der Waals surface area contributed by atoms with E-state index in [1.165, 1.54) is 0 Å². The lowest BCUT2D eigenvalue weighted by atomic mass is 9.51. The van der Waals surface area contributed by atoms with Crippen LogP contribution < -0.4 is 0 Å². The first-order valence-corrected chi connectivity index (χ1v) is 8.33. The highest BCUT2D eigenvalue weighted by atomic mass is 16.3. The summed E-state index contributed by atoms with van der Waals surface area (Å²) in [6.07, 6.45) is 9.00. The monoisotopic (exact) mass is 313 g/mol.